The van der Waals surface area contributed by atoms with E-state index >= 15 is 0 Å². The second kappa shape index (κ2) is 8.26. The first-order valence-corrected chi connectivity index (χ1v) is 9.51. The van der Waals surface area contributed by atoms with Crippen LogP contribution < -0.4 is 10.1 Å². The first kappa shape index (κ1) is 19.0. The van der Waals surface area contributed by atoms with Gasteiger partial charge < -0.3 is 10.1 Å². The van der Waals surface area contributed by atoms with Gasteiger partial charge in [0.1, 0.15) is 5.75 Å². The minimum atomic E-state index is -0.573. The number of carbonyl (C=O) groups excluding carboxylic acids is 1. The van der Waals surface area contributed by atoms with Gasteiger partial charge in [0.05, 0.1) is 6.04 Å². The molecule has 140 valence electrons. The maximum absolute atomic E-state index is 12.7. The third kappa shape index (κ3) is 4.30. The van der Waals surface area contributed by atoms with E-state index in [2.05, 4.69) is 44.3 Å². The first-order valence-electron chi connectivity index (χ1n) is 9.51. The highest BCUT2D eigenvalue weighted by Crippen LogP contribution is 2.26. The number of hydrogen-bond donors (Lipinski definition) is 1. The second-order valence-corrected chi connectivity index (χ2v) is 7.05. The summed E-state index contributed by atoms with van der Waals surface area (Å²) in [7, 11) is 0. The molecule has 3 aromatic rings. The molecular weight excluding hydrogens is 334 g/mol. The molecule has 0 bridgehead atoms. The zero-order valence-corrected chi connectivity index (χ0v) is 16.5. The monoisotopic (exact) mass is 361 g/mol. The summed E-state index contributed by atoms with van der Waals surface area (Å²) < 4.78 is 6.00. The topological polar surface area (TPSA) is 38.3 Å². The number of carbonyl (C=O) groups is 1. The number of fused-ring (bicyclic) bond motifs is 1. The van der Waals surface area contributed by atoms with Crippen molar-refractivity contribution in [3.63, 3.8) is 0 Å². The van der Waals surface area contributed by atoms with Crippen LogP contribution in [-0.2, 0) is 4.79 Å². The number of hydrogen-bond acceptors (Lipinski definition) is 2. The zero-order chi connectivity index (χ0) is 19.4. The molecule has 0 aliphatic rings. The van der Waals surface area contributed by atoms with Gasteiger partial charge in [-0.25, -0.2) is 0 Å². The first-order chi connectivity index (χ1) is 13.0. The van der Waals surface area contributed by atoms with Crippen molar-refractivity contribution in [2.45, 2.75) is 46.3 Å². The molecule has 0 aliphatic carbocycles. The minimum Gasteiger partial charge on any atom is -0.480 e. The average Bonchev–Trinajstić information content (AvgIpc) is 2.68. The number of benzene rings is 3. The van der Waals surface area contributed by atoms with E-state index in [0.717, 1.165) is 28.5 Å². The summed E-state index contributed by atoms with van der Waals surface area (Å²) in [6.45, 7) is 8.07. The molecule has 0 fully saturated rings. The molecule has 3 rings (SSSR count). The molecular formula is C24H27NO2. The largest absolute Gasteiger partial charge is 0.480 e. The van der Waals surface area contributed by atoms with Crippen molar-refractivity contribution in [3.05, 3.63) is 77.4 Å². The fourth-order valence-electron chi connectivity index (χ4n) is 3.23. The van der Waals surface area contributed by atoms with Gasteiger partial charge in [0.2, 0.25) is 0 Å². The molecule has 0 unspecified atom stereocenters. The van der Waals surface area contributed by atoms with Crippen molar-refractivity contribution >= 4 is 16.7 Å². The maximum atomic E-state index is 12.7. The fraction of sp³-hybridized carbons (Fsp3) is 0.292. The Kier molecular flexibility index (Phi) is 5.80. The summed E-state index contributed by atoms with van der Waals surface area (Å²) in [6, 6.07) is 20.3. The average molecular weight is 361 g/mol. The van der Waals surface area contributed by atoms with Gasteiger partial charge >= 0.3 is 0 Å². The quantitative estimate of drug-likeness (QED) is 0.630. The van der Waals surface area contributed by atoms with E-state index in [4.69, 9.17) is 4.74 Å². The van der Waals surface area contributed by atoms with Crippen LogP contribution in [-0.4, -0.2) is 12.0 Å². The van der Waals surface area contributed by atoms with Crippen LogP contribution in [0.3, 0.4) is 0 Å². The standard InChI is InChI=1S/C24H27NO2/c1-5-22(20-14-13-16(2)17(3)15-20)25-24(26)18(4)27-23-12-8-10-19-9-6-7-11-21(19)23/h6-15,18,22H,5H2,1-4H3,(H,25,26)/t18-,22-/m1/s1. The molecule has 1 amide bonds. The Morgan fingerprint density at radius 3 is 2.48 bits per heavy atom. The van der Waals surface area contributed by atoms with E-state index < -0.39 is 6.10 Å². The minimum absolute atomic E-state index is 0.0182. The summed E-state index contributed by atoms with van der Waals surface area (Å²) in [5, 5.41) is 5.25. The van der Waals surface area contributed by atoms with Gasteiger partial charge in [-0.3, -0.25) is 4.79 Å². The Labute approximate surface area is 161 Å². The van der Waals surface area contributed by atoms with Gasteiger partial charge in [-0.15, -0.1) is 0 Å². The molecule has 0 aromatic heterocycles. The predicted octanol–water partition coefficient (Wildman–Crippen LogP) is 5.49. The van der Waals surface area contributed by atoms with Crippen molar-refractivity contribution in [3.8, 4) is 5.75 Å². The number of amides is 1. The highest BCUT2D eigenvalue weighted by molar-refractivity contribution is 5.89. The Morgan fingerprint density at radius 1 is 1.00 bits per heavy atom. The van der Waals surface area contributed by atoms with Crippen LogP contribution in [0.5, 0.6) is 5.75 Å². The maximum Gasteiger partial charge on any atom is 0.261 e. The van der Waals surface area contributed by atoms with E-state index in [1.54, 1.807) is 6.92 Å². The Bertz CT molecular complexity index is 943. The summed E-state index contributed by atoms with van der Waals surface area (Å²) >= 11 is 0. The van der Waals surface area contributed by atoms with Crippen LogP contribution in [0.1, 0.15) is 43.0 Å². The van der Waals surface area contributed by atoms with Crippen LogP contribution in [0.4, 0.5) is 0 Å². The number of ether oxygens (including phenoxy) is 1. The van der Waals surface area contributed by atoms with Crippen molar-refractivity contribution < 1.29 is 9.53 Å². The Balaban J connectivity index is 1.73. The third-order valence-corrected chi connectivity index (χ3v) is 5.08. The molecule has 3 aromatic carbocycles. The molecule has 0 radical (unpaired) electrons. The lowest BCUT2D eigenvalue weighted by molar-refractivity contribution is -0.128. The lowest BCUT2D eigenvalue weighted by Crippen LogP contribution is -2.38. The molecule has 0 spiro atoms. The lowest BCUT2D eigenvalue weighted by Gasteiger charge is -2.22. The van der Waals surface area contributed by atoms with E-state index in [9.17, 15) is 4.79 Å². The highest BCUT2D eigenvalue weighted by atomic mass is 16.5. The van der Waals surface area contributed by atoms with Gasteiger partial charge in [0.25, 0.3) is 5.91 Å². The van der Waals surface area contributed by atoms with Gasteiger partial charge in [0.15, 0.2) is 6.10 Å². The molecule has 3 heteroatoms. The molecule has 3 nitrogen and oxygen atoms in total. The second-order valence-electron chi connectivity index (χ2n) is 7.05. The van der Waals surface area contributed by atoms with Gasteiger partial charge in [-0.2, -0.15) is 0 Å². The van der Waals surface area contributed by atoms with Crippen LogP contribution in [0.25, 0.3) is 10.8 Å². The summed E-state index contributed by atoms with van der Waals surface area (Å²) in [4.78, 5) is 12.7. The summed E-state index contributed by atoms with van der Waals surface area (Å²) in [6.07, 6.45) is 0.256. The third-order valence-electron chi connectivity index (χ3n) is 5.08. The number of aryl methyl sites for hydroxylation is 2. The molecule has 0 aliphatic heterocycles. The van der Waals surface area contributed by atoms with E-state index in [1.807, 2.05) is 42.5 Å². The van der Waals surface area contributed by atoms with Crippen molar-refractivity contribution in [1.82, 2.24) is 5.32 Å². The van der Waals surface area contributed by atoms with Crippen molar-refractivity contribution in [2.75, 3.05) is 0 Å². The zero-order valence-electron chi connectivity index (χ0n) is 16.5. The van der Waals surface area contributed by atoms with Crippen molar-refractivity contribution in [1.29, 1.82) is 0 Å². The van der Waals surface area contributed by atoms with E-state index in [-0.39, 0.29) is 11.9 Å². The number of rotatable bonds is 6. The summed E-state index contributed by atoms with van der Waals surface area (Å²) in [5.41, 5.74) is 3.62. The van der Waals surface area contributed by atoms with Crippen LogP contribution in [0.2, 0.25) is 0 Å². The van der Waals surface area contributed by atoms with Gasteiger partial charge in [-0.05, 0) is 55.3 Å². The Morgan fingerprint density at radius 2 is 1.74 bits per heavy atom. The van der Waals surface area contributed by atoms with Crippen LogP contribution >= 0.6 is 0 Å². The van der Waals surface area contributed by atoms with Crippen LogP contribution in [0.15, 0.2) is 60.7 Å². The lowest BCUT2D eigenvalue weighted by atomic mass is 9.99. The molecule has 0 saturated heterocycles. The fourth-order valence-corrected chi connectivity index (χ4v) is 3.23. The molecule has 1 N–H and O–H groups in total. The normalized spacial score (nSPS) is 13.2. The number of nitrogens with one attached hydrogen (secondary N) is 1. The Hall–Kier alpha value is -2.81. The molecule has 2 atom stereocenters. The van der Waals surface area contributed by atoms with Gasteiger partial charge in [0, 0.05) is 5.39 Å². The van der Waals surface area contributed by atoms with Gasteiger partial charge in [-0.1, -0.05) is 61.5 Å². The smallest absolute Gasteiger partial charge is 0.261 e. The highest BCUT2D eigenvalue weighted by Gasteiger charge is 2.20. The molecule has 27 heavy (non-hydrogen) atoms. The molecule has 0 heterocycles. The van der Waals surface area contributed by atoms with E-state index in [1.165, 1.54) is 11.1 Å². The molecule has 0 saturated carbocycles. The van der Waals surface area contributed by atoms with Crippen molar-refractivity contribution in [2.24, 2.45) is 0 Å². The predicted molar refractivity (Wildman–Crippen MR) is 111 cm³/mol. The SMILES string of the molecule is CC[C@@H](NC(=O)[C@@H](C)Oc1cccc2ccccc12)c1ccc(C)c(C)c1. The van der Waals surface area contributed by atoms with E-state index in [0.29, 0.717) is 0 Å². The summed E-state index contributed by atoms with van der Waals surface area (Å²) in [5.74, 6) is 0.628. The van der Waals surface area contributed by atoms with Crippen LogP contribution in [0, 0.1) is 13.8 Å².